The van der Waals surface area contributed by atoms with Crippen molar-refractivity contribution in [2.45, 2.75) is 0 Å². The van der Waals surface area contributed by atoms with Crippen LogP contribution in [0.25, 0.3) is 66.1 Å². The molecule has 0 spiro atoms. The van der Waals surface area contributed by atoms with Gasteiger partial charge in [0.25, 0.3) is 0 Å². The van der Waals surface area contributed by atoms with Crippen LogP contribution in [0.3, 0.4) is 0 Å². The van der Waals surface area contributed by atoms with E-state index in [-0.39, 0.29) is 0 Å². The van der Waals surface area contributed by atoms with Gasteiger partial charge in [0.05, 0.1) is 38.0 Å². The van der Waals surface area contributed by atoms with E-state index in [0.717, 1.165) is 76.4 Å². The Kier molecular flexibility index (Phi) is 9.68. The summed E-state index contributed by atoms with van der Waals surface area (Å²) in [5, 5.41) is 9.83. The molecule has 0 saturated heterocycles. The van der Waals surface area contributed by atoms with E-state index in [0.29, 0.717) is 0 Å². The van der Waals surface area contributed by atoms with Crippen LogP contribution in [0.15, 0.2) is 255 Å². The zero-order chi connectivity index (χ0) is 44.2. The molecule has 12 rings (SSSR count). The highest BCUT2D eigenvalue weighted by atomic mass is 31.2. The molecule has 10 aromatic carbocycles. The summed E-state index contributed by atoms with van der Waals surface area (Å²) in [5.74, 6) is 0. The Morgan fingerprint density at radius 3 is 0.909 bits per heavy atom. The van der Waals surface area contributed by atoms with E-state index in [2.05, 4.69) is 179 Å². The topological polar surface area (TPSA) is 48.3 Å². The quantitative estimate of drug-likeness (QED) is 0.105. The highest BCUT2D eigenvalue weighted by Crippen LogP contribution is 2.45. The Morgan fingerprint density at radius 2 is 0.530 bits per heavy atom. The average Bonchev–Trinajstić information content (AvgIpc) is 3.92. The summed E-state index contributed by atoms with van der Waals surface area (Å²) in [5.41, 5.74) is 8.65. The molecule has 0 aliphatic heterocycles. The highest BCUT2D eigenvalue weighted by molar-refractivity contribution is 7.85. The van der Waals surface area contributed by atoms with Crippen LogP contribution in [0.5, 0.6) is 0 Å². The molecule has 0 fully saturated rings. The molecule has 66 heavy (non-hydrogen) atoms. The lowest BCUT2D eigenvalue weighted by molar-refractivity contribution is 0.592. The Labute approximate surface area is 383 Å². The first-order valence-corrected chi connectivity index (χ1v) is 25.7. The fraction of sp³-hybridized carbons (Fsp3) is 0. The van der Waals surface area contributed by atoms with Crippen molar-refractivity contribution in [2.75, 3.05) is 0 Å². The minimum Gasteiger partial charge on any atom is -0.309 e. The standard InChI is InChI=1S/C60H42N2O2P2/c63-65(47-15-3-1-4-16-47,51-39-31-45(32-40-51)61-57-23-11-7-19-53(57)54-20-8-12-24-58(54)61)49-35-27-43(28-36-49)44-29-37-50(38-30-44)66(64,48-17-5-2-6-18-48)52-41-33-46(34-42-52)62-59-25-13-9-21-55(59)56-22-10-14-26-60(56)62/h1-42H/p+1. The molecule has 6 heteroatoms. The molecule has 2 unspecified atom stereocenters. The lowest BCUT2D eigenvalue weighted by Gasteiger charge is -2.21. The van der Waals surface area contributed by atoms with Crippen molar-refractivity contribution < 1.29 is 9.13 Å². The first-order valence-electron chi connectivity index (χ1n) is 22.2. The monoisotopic (exact) mass is 885 g/mol. The third kappa shape index (κ3) is 6.37. The van der Waals surface area contributed by atoms with Gasteiger partial charge < -0.3 is 18.3 Å². The van der Waals surface area contributed by atoms with E-state index in [1.165, 1.54) is 21.5 Å². The number of aromatic nitrogens is 2. The minimum atomic E-state index is -3.26. The maximum absolute atomic E-state index is 15.7. The first-order chi connectivity index (χ1) is 32.5. The summed E-state index contributed by atoms with van der Waals surface area (Å²) in [6, 6.07) is 87.1. The molecule has 0 aliphatic rings. The number of hydrogen-bond donors (Lipinski definition) is 0. The lowest BCUT2D eigenvalue weighted by atomic mass is 10.1. The summed E-state index contributed by atoms with van der Waals surface area (Å²) in [6.45, 7) is 0. The summed E-state index contributed by atoms with van der Waals surface area (Å²) in [6.07, 6.45) is 0. The van der Waals surface area contributed by atoms with Crippen molar-refractivity contribution in [3.63, 3.8) is 0 Å². The van der Waals surface area contributed by atoms with Gasteiger partial charge in [-0.25, -0.2) is 0 Å². The normalized spacial score (nSPS) is 13.5. The van der Waals surface area contributed by atoms with E-state index in [1.807, 2.05) is 84.9 Å². The first kappa shape index (κ1) is 39.8. The second kappa shape index (κ2) is 16.1. The molecule has 2 atom stereocenters. The van der Waals surface area contributed by atoms with E-state index in [9.17, 15) is 4.57 Å². The zero-order valence-electron chi connectivity index (χ0n) is 35.9. The van der Waals surface area contributed by atoms with Gasteiger partial charge in [-0.15, -0.1) is 0 Å². The second-order valence-corrected chi connectivity index (χ2v) is 22.4. The number of rotatable bonds is 9. The molecule has 0 bridgehead atoms. The smallest absolute Gasteiger partial charge is 0.309 e. The Bertz CT molecular complexity index is 3480. The molecule has 0 saturated carbocycles. The van der Waals surface area contributed by atoms with Crippen LogP contribution >= 0.6 is 14.3 Å². The summed E-state index contributed by atoms with van der Waals surface area (Å²) >= 11 is 0. The molecule has 0 aliphatic carbocycles. The van der Waals surface area contributed by atoms with Crippen LogP contribution in [0, 0.1) is 0 Å². The Morgan fingerprint density at radius 1 is 0.273 bits per heavy atom. The summed E-state index contributed by atoms with van der Waals surface area (Å²) in [7, 11) is -6.28. The molecular weight excluding hydrogens is 843 g/mol. The largest absolute Gasteiger partial charge is 0.315 e. The molecular formula is C60H43N2O2P2+. The molecule has 1 N–H and O–H groups in total. The van der Waals surface area contributed by atoms with Crippen molar-refractivity contribution in [3.8, 4) is 22.5 Å². The van der Waals surface area contributed by atoms with Gasteiger partial charge in [-0.1, -0.05) is 158 Å². The summed E-state index contributed by atoms with van der Waals surface area (Å²) < 4.78 is 33.3. The van der Waals surface area contributed by atoms with Crippen molar-refractivity contribution in [2.24, 2.45) is 0 Å². The van der Waals surface area contributed by atoms with Gasteiger partial charge in [0, 0.05) is 48.8 Å². The van der Waals surface area contributed by atoms with E-state index in [1.54, 1.807) is 0 Å². The molecule has 12 aromatic rings. The Hall–Kier alpha value is -7.74. The maximum atomic E-state index is 15.7. The van der Waals surface area contributed by atoms with Crippen molar-refractivity contribution in [1.82, 2.24) is 9.13 Å². The van der Waals surface area contributed by atoms with Crippen LogP contribution in [0.1, 0.15) is 0 Å². The van der Waals surface area contributed by atoms with Gasteiger partial charge in [-0.3, -0.25) is 0 Å². The molecule has 0 amide bonds. The molecule has 314 valence electrons. The SMILES string of the molecule is O=P(c1ccccc1)(c1ccc(-c2ccc(P(=[OH+])(c3ccccc3)c3ccc(-n4c5ccccc5c5ccccc54)cc3)cc2)cc1)c1ccc(-n2c3ccccc3c3ccccc32)cc1. The average molecular weight is 886 g/mol. The highest BCUT2D eigenvalue weighted by Gasteiger charge is 2.37. The van der Waals surface area contributed by atoms with Crippen LogP contribution < -0.4 is 31.8 Å². The fourth-order valence-electron chi connectivity index (χ4n) is 9.94. The number of nitrogens with zero attached hydrogens (tertiary/aromatic N) is 2. The van der Waals surface area contributed by atoms with Crippen LogP contribution in [0.4, 0.5) is 0 Å². The minimum absolute atomic E-state index is 0.771. The number of benzene rings is 10. The maximum Gasteiger partial charge on any atom is 0.315 e. The van der Waals surface area contributed by atoms with E-state index >= 15 is 4.57 Å². The van der Waals surface area contributed by atoms with Gasteiger partial charge in [0.1, 0.15) is 0 Å². The third-order valence-corrected chi connectivity index (χ3v) is 19.4. The predicted octanol–water partition coefficient (Wildman–Crippen LogP) is 12.8. The van der Waals surface area contributed by atoms with E-state index < -0.39 is 14.3 Å². The number of para-hydroxylation sites is 4. The summed E-state index contributed by atoms with van der Waals surface area (Å²) in [4.78, 5) is 0. The van der Waals surface area contributed by atoms with Gasteiger partial charge in [-0.2, -0.15) is 0 Å². The predicted molar refractivity (Wildman–Crippen MR) is 281 cm³/mol. The molecule has 2 aromatic heterocycles. The third-order valence-electron chi connectivity index (χ3n) is 13.2. The number of fused-ring (bicyclic) bond motifs is 6. The molecule has 0 radical (unpaired) electrons. The van der Waals surface area contributed by atoms with Crippen molar-refractivity contribution in [3.05, 3.63) is 255 Å². The van der Waals surface area contributed by atoms with Crippen LogP contribution in [-0.2, 0) is 4.57 Å². The Balaban J connectivity index is 0.879. The fourth-order valence-corrected chi connectivity index (χ4v) is 15.2. The number of hydrogen-bond acceptors (Lipinski definition) is 1. The van der Waals surface area contributed by atoms with Crippen LogP contribution in [-0.4, -0.2) is 13.7 Å². The molecule has 2 heterocycles. The van der Waals surface area contributed by atoms with Gasteiger partial charge in [0.2, 0.25) is 0 Å². The van der Waals surface area contributed by atoms with Crippen LogP contribution in [0.2, 0.25) is 0 Å². The van der Waals surface area contributed by atoms with Crippen molar-refractivity contribution >= 4 is 89.7 Å². The van der Waals surface area contributed by atoms with Crippen molar-refractivity contribution in [1.29, 1.82) is 0 Å². The van der Waals surface area contributed by atoms with E-state index in [4.69, 9.17) is 0 Å². The van der Waals surface area contributed by atoms with Gasteiger partial charge in [-0.05, 0) is 108 Å². The molecule has 4 nitrogen and oxygen atoms in total. The van der Waals surface area contributed by atoms with Gasteiger partial charge in [0.15, 0.2) is 7.14 Å². The second-order valence-electron chi connectivity index (χ2n) is 16.8. The zero-order valence-corrected chi connectivity index (χ0v) is 37.7. The van der Waals surface area contributed by atoms with Gasteiger partial charge >= 0.3 is 7.14 Å². The lowest BCUT2D eigenvalue weighted by Crippen LogP contribution is -2.25.